The van der Waals surface area contributed by atoms with Gasteiger partial charge < -0.3 is 10.6 Å². The zero-order chi connectivity index (χ0) is 23.1. The Hall–Kier alpha value is -2.78. The van der Waals surface area contributed by atoms with Crippen molar-refractivity contribution in [2.75, 3.05) is 10.6 Å². The molecule has 0 amide bonds. The first-order valence-corrected chi connectivity index (χ1v) is 10.2. The van der Waals surface area contributed by atoms with Gasteiger partial charge in [0.05, 0.1) is 6.20 Å². The first-order chi connectivity index (χ1) is 15.3. The summed E-state index contributed by atoms with van der Waals surface area (Å²) in [5.41, 5.74) is 1.42. The number of nitrogens with one attached hydrogen (secondary N) is 2. The summed E-state index contributed by atoms with van der Waals surface area (Å²) in [4.78, 5) is 14.7. The highest BCUT2D eigenvalue weighted by Crippen LogP contribution is 2.22. The molecule has 4 rings (SSSR count). The van der Waals surface area contributed by atoms with Crippen LogP contribution in [0.5, 0.6) is 0 Å². The molecule has 0 atom stereocenters. The zero-order valence-electron chi connectivity index (χ0n) is 15.8. The van der Waals surface area contributed by atoms with Crippen molar-refractivity contribution in [1.82, 2.24) is 19.9 Å². The first-order valence-electron chi connectivity index (χ1n) is 8.71. The highest BCUT2D eigenvalue weighted by atomic mass is 35.5. The van der Waals surface area contributed by atoms with Gasteiger partial charge in [-0.3, -0.25) is 0 Å². The molecular formula is C20H12Cl4F2N6. The molecular weight excluding hydrogens is 504 g/mol. The van der Waals surface area contributed by atoms with Crippen LogP contribution in [0.4, 0.5) is 31.9 Å². The molecule has 164 valence electrons. The van der Waals surface area contributed by atoms with Crippen LogP contribution in [-0.4, -0.2) is 19.9 Å². The van der Waals surface area contributed by atoms with Crippen molar-refractivity contribution in [3.05, 3.63) is 93.0 Å². The van der Waals surface area contributed by atoms with Gasteiger partial charge in [-0.1, -0.05) is 46.4 Å². The molecule has 0 aliphatic heterocycles. The Bertz CT molecular complexity index is 1170. The Morgan fingerprint density at radius 3 is 1.66 bits per heavy atom. The molecule has 0 saturated carbocycles. The molecule has 6 nitrogen and oxygen atoms in total. The van der Waals surface area contributed by atoms with E-state index >= 15 is 0 Å². The third kappa shape index (κ3) is 6.86. The van der Waals surface area contributed by atoms with Crippen LogP contribution >= 0.6 is 46.4 Å². The summed E-state index contributed by atoms with van der Waals surface area (Å²) in [6.45, 7) is 0. The number of benzene rings is 2. The minimum Gasteiger partial charge on any atom is -0.338 e. The van der Waals surface area contributed by atoms with E-state index in [1.807, 2.05) is 0 Å². The molecule has 0 aliphatic carbocycles. The number of nitrogens with zero attached hydrogens (tertiary/aromatic N) is 4. The van der Waals surface area contributed by atoms with Gasteiger partial charge in [0.15, 0.2) is 27.8 Å². The Kier molecular flexibility index (Phi) is 8.35. The van der Waals surface area contributed by atoms with Crippen LogP contribution < -0.4 is 10.6 Å². The Balaban J connectivity index is 0.000000269. The van der Waals surface area contributed by atoms with Gasteiger partial charge in [-0.25, -0.2) is 23.7 Å². The van der Waals surface area contributed by atoms with Crippen LogP contribution in [-0.2, 0) is 0 Å². The molecule has 2 heterocycles. The summed E-state index contributed by atoms with van der Waals surface area (Å²) >= 11 is 22.1. The maximum atomic E-state index is 13.9. The predicted octanol–water partition coefficient (Wildman–Crippen LogP) is 7.33. The maximum Gasteiger partial charge on any atom is 0.229 e. The summed E-state index contributed by atoms with van der Waals surface area (Å²) in [6.07, 6.45) is 2.19. The number of aromatic nitrogens is 4. The van der Waals surface area contributed by atoms with E-state index < -0.39 is 11.6 Å². The van der Waals surface area contributed by atoms with E-state index in [1.165, 1.54) is 0 Å². The number of hydrogen-bond donors (Lipinski definition) is 2. The minimum absolute atomic E-state index is 0.0683. The van der Waals surface area contributed by atoms with E-state index in [0.717, 1.165) is 18.2 Å². The number of halogens is 6. The van der Waals surface area contributed by atoms with E-state index in [-0.39, 0.29) is 22.1 Å². The van der Waals surface area contributed by atoms with Crippen molar-refractivity contribution in [2.45, 2.75) is 0 Å². The molecule has 0 spiro atoms. The minimum atomic E-state index is -0.777. The Morgan fingerprint density at radius 2 is 1.16 bits per heavy atom. The van der Waals surface area contributed by atoms with Gasteiger partial charge in [0, 0.05) is 21.4 Å². The normalized spacial score (nSPS) is 10.2. The number of rotatable bonds is 4. The average molecular weight is 516 g/mol. The predicted molar refractivity (Wildman–Crippen MR) is 123 cm³/mol. The van der Waals surface area contributed by atoms with Gasteiger partial charge in [0.1, 0.15) is 6.33 Å². The van der Waals surface area contributed by atoms with E-state index in [4.69, 9.17) is 46.4 Å². The van der Waals surface area contributed by atoms with Crippen molar-refractivity contribution < 1.29 is 8.78 Å². The fourth-order valence-corrected chi connectivity index (χ4v) is 2.74. The lowest BCUT2D eigenvalue weighted by atomic mass is 10.3. The SMILES string of the molecule is Fc1c(Cl)ncnc1Cl.Fc1cnc(Nc2ccc(Cl)cc2)nc1Nc1ccc(Cl)cc1. The highest BCUT2D eigenvalue weighted by Gasteiger charge is 2.08. The van der Waals surface area contributed by atoms with Gasteiger partial charge in [0.2, 0.25) is 5.95 Å². The summed E-state index contributed by atoms with van der Waals surface area (Å²) in [5, 5.41) is 6.59. The molecule has 2 N–H and O–H groups in total. The second-order valence-electron chi connectivity index (χ2n) is 5.92. The number of hydrogen-bond acceptors (Lipinski definition) is 6. The van der Waals surface area contributed by atoms with Crippen molar-refractivity contribution in [1.29, 1.82) is 0 Å². The van der Waals surface area contributed by atoms with Crippen molar-refractivity contribution in [2.24, 2.45) is 0 Å². The average Bonchev–Trinajstić information content (AvgIpc) is 2.78. The fourth-order valence-electron chi connectivity index (χ4n) is 2.18. The molecule has 0 saturated heterocycles. The van der Waals surface area contributed by atoms with E-state index in [0.29, 0.717) is 15.7 Å². The zero-order valence-corrected chi connectivity index (χ0v) is 18.9. The quantitative estimate of drug-likeness (QED) is 0.277. The molecule has 12 heteroatoms. The molecule has 2 aromatic heterocycles. The van der Waals surface area contributed by atoms with Crippen LogP contribution in [0.2, 0.25) is 20.4 Å². The fraction of sp³-hybridized carbons (Fsp3) is 0. The maximum absolute atomic E-state index is 13.9. The summed E-state index contributed by atoms with van der Waals surface area (Å²) in [6, 6.07) is 13.9. The van der Waals surface area contributed by atoms with Crippen molar-refractivity contribution in [3.8, 4) is 0 Å². The van der Waals surface area contributed by atoms with Crippen LogP contribution in [0.25, 0.3) is 0 Å². The molecule has 0 radical (unpaired) electrons. The van der Waals surface area contributed by atoms with Crippen LogP contribution in [0.1, 0.15) is 0 Å². The van der Waals surface area contributed by atoms with Gasteiger partial charge in [-0.15, -0.1) is 0 Å². The molecule has 0 fully saturated rings. The molecule has 2 aromatic carbocycles. The van der Waals surface area contributed by atoms with E-state index in [2.05, 4.69) is 30.6 Å². The van der Waals surface area contributed by atoms with Gasteiger partial charge >= 0.3 is 0 Å². The van der Waals surface area contributed by atoms with Crippen LogP contribution in [0, 0.1) is 11.6 Å². The lowest BCUT2D eigenvalue weighted by Gasteiger charge is -2.09. The monoisotopic (exact) mass is 514 g/mol. The summed E-state index contributed by atoms with van der Waals surface area (Å²) < 4.78 is 26.2. The largest absolute Gasteiger partial charge is 0.338 e. The topological polar surface area (TPSA) is 75.6 Å². The Morgan fingerprint density at radius 1 is 0.656 bits per heavy atom. The first kappa shape index (κ1) is 23.9. The molecule has 0 unspecified atom stereocenters. The molecule has 0 aliphatic rings. The van der Waals surface area contributed by atoms with Crippen LogP contribution in [0.3, 0.4) is 0 Å². The second-order valence-corrected chi connectivity index (χ2v) is 7.51. The van der Waals surface area contributed by atoms with Gasteiger partial charge in [-0.05, 0) is 48.5 Å². The lowest BCUT2D eigenvalue weighted by Crippen LogP contribution is -2.03. The van der Waals surface area contributed by atoms with Gasteiger partial charge in [-0.2, -0.15) is 4.98 Å². The molecule has 32 heavy (non-hydrogen) atoms. The van der Waals surface area contributed by atoms with Crippen molar-refractivity contribution >= 4 is 69.5 Å². The summed E-state index contributed by atoms with van der Waals surface area (Å²) in [7, 11) is 0. The Labute approximate surface area is 201 Å². The second kappa shape index (κ2) is 11.2. The van der Waals surface area contributed by atoms with Crippen molar-refractivity contribution in [3.63, 3.8) is 0 Å². The van der Waals surface area contributed by atoms with E-state index in [9.17, 15) is 8.78 Å². The van der Waals surface area contributed by atoms with Gasteiger partial charge in [0.25, 0.3) is 0 Å². The molecule has 0 bridgehead atoms. The van der Waals surface area contributed by atoms with E-state index in [1.54, 1.807) is 48.5 Å². The number of anilines is 4. The standard InChI is InChI=1S/C16H11Cl2FN4.C4HCl2FN2/c17-10-1-5-12(6-2-10)21-15-14(19)9-20-16(23-15)22-13-7-3-11(18)4-8-13;5-3-2(7)4(6)9-1-8-3/h1-9H,(H2,20,21,22,23);1H. The summed E-state index contributed by atoms with van der Waals surface area (Å²) in [5.74, 6) is -0.994. The van der Waals surface area contributed by atoms with Crippen LogP contribution in [0.15, 0.2) is 61.1 Å². The third-order valence-corrected chi connectivity index (χ3v) is 4.69. The lowest BCUT2D eigenvalue weighted by molar-refractivity contribution is 0.614. The third-order valence-electron chi connectivity index (χ3n) is 3.66. The highest BCUT2D eigenvalue weighted by molar-refractivity contribution is 6.33. The smallest absolute Gasteiger partial charge is 0.229 e. The molecule has 4 aromatic rings.